The van der Waals surface area contributed by atoms with Crippen molar-refractivity contribution in [3.8, 4) is 5.75 Å². The second-order valence-electron chi connectivity index (χ2n) is 8.49. The van der Waals surface area contributed by atoms with Crippen LogP contribution >= 0.6 is 11.3 Å². The first-order valence-corrected chi connectivity index (χ1v) is 11.7. The maximum Gasteiger partial charge on any atom is 0.119 e. The van der Waals surface area contributed by atoms with Crippen molar-refractivity contribution in [2.75, 3.05) is 26.3 Å². The minimum atomic E-state index is -0.000933. The van der Waals surface area contributed by atoms with Crippen LogP contribution in [-0.4, -0.2) is 48.3 Å². The molecule has 1 aromatic carbocycles. The molecule has 3 aliphatic rings. The fourth-order valence-corrected chi connectivity index (χ4v) is 5.88. The number of ether oxygens (including phenoxy) is 2. The summed E-state index contributed by atoms with van der Waals surface area (Å²) in [7, 11) is 0. The highest BCUT2D eigenvalue weighted by Crippen LogP contribution is 2.42. The second kappa shape index (κ2) is 8.13. The molecule has 2 aliphatic heterocycles. The topological polar surface area (TPSA) is 34.6 Å². The van der Waals surface area contributed by atoms with E-state index in [2.05, 4.69) is 39.5 Å². The van der Waals surface area contributed by atoms with E-state index >= 15 is 0 Å². The van der Waals surface area contributed by atoms with Gasteiger partial charge >= 0.3 is 0 Å². The summed E-state index contributed by atoms with van der Waals surface area (Å²) in [6.07, 6.45) is 10.8. The number of nitrogens with zero attached hydrogens (tertiary/aromatic N) is 2. The lowest BCUT2D eigenvalue weighted by Gasteiger charge is -2.41. The van der Waals surface area contributed by atoms with E-state index in [-0.39, 0.29) is 5.41 Å². The predicted octanol–water partition coefficient (Wildman–Crippen LogP) is 4.64. The van der Waals surface area contributed by atoms with E-state index in [4.69, 9.17) is 9.47 Å². The number of likely N-dealkylation sites (tertiary alicyclic amines) is 1. The molecule has 0 radical (unpaired) electrons. The van der Waals surface area contributed by atoms with Gasteiger partial charge in [-0.15, -0.1) is 11.3 Å². The van der Waals surface area contributed by atoms with Crippen LogP contribution < -0.4 is 4.74 Å². The van der Waals surface area contributed by atoms with Gasteiger partial charge in [0.05, 0.1) is 5.41 Å². The van der Waals surface area contributed by atoms with Crippen molar-refractivity contribution in [3.63, 3.8) is 0 Å². The van der Waals surface area contributed by atoms with Gasteiger partial charge in [-0.05, 0) is 56.2 Å². The van der Waals surface area contributed by atoms with Gasteiger partial charge in [0, 0.05) is 43.9 Å². The van der Waals surface area contributed by atoms with Gasteiger partial charge in [0.1, 0.15) is 16.9 Å². The van der Waals surface area contributed by atoms with E-state index < -0.39 is 0 Å². The highest BCUT2D eigenvalue weighted by Gasteiger charge is 2.38. The Hall–Kier alpha value is -1.43. The zero-order valence-electron chi connectivity index (χ0n) is 16.5. The monoisotopic (exact) mass is 398 g/mol. The predicted molar refractivity (Wildman–Crippen MR) is 112 cm³/mol. The van der Waals surface area contributed by atoms with Crippen LogP contribution in [0.4, 0.5) is 0 Å². The van der Waals surface area contributed by atoms with Crippen molar-refractivity contribution in [1.82, 2.24) is 9.88 Å². The summed E-state index contributed by atoms with van der Waals surface area (Å²) >= 11 is 1.76. The standard InChI is InChI=1S/C23H30N2O2S/c1-2-19(3-1)25-13-8-21(9-14-25)27-20-6-4-18(5-7-20)23(10-15-26-16-11-23)22-24-12-17-28-22/h4-7,12,17,19,21H,1-3,8-11,13-16H2. The largest absolute Gasteiger partial charge is 0.490 e. The molecule has 0 spiro atoms. The van der Waals surface area contributed by atoms with Crippen molar-refractivity contribution in [3.05, 3.63) is 46.4 Å². The van der Waals surface area contributed by atoms with E-state index in [0.717, 1.165) is 50.7 Å². The SMILES string of the molecule is c1csc(C2(c3ccc(OC4CCN(C5CCC5)CC4)cc3)CCOCC2)n1. The Morgan fingerprint density at radius 1 is 1.04 bits per heavy atom. The molecule has 0 bridgehead atoms. The summed E-state index contributed by atoms with van der Waals surface area (Å²) in [5, 5.41) is 3.30. The zero-order chi connectivity index (χ0) is 18.8. The zero-order valence-corrected chi connectivity index (χ0v) is 17.3. The molecule has 3 heterocycles. The minimum absolute atomic E-state index is 0.000933. The Morgan fingerprint density at radius 2 is 1.79 bits per heavy atom. The van der Waals surface area contributed by atoms with E-state index in [0.29, 0.717) is 6.10 Å². The van der Waals surface area contributed by atoms with Crippen LogP contribution in [0.25, 0.3) is 0 Å². The lowest BCUT2D eigenvalue weighted by Crippen LogP contribution is -2.46. The molecule has 28 heavy (non-hydrogen) atoms. The lowest BCUT2D eigenvalue weighted by molar-refractivity contribution is 0.0492. The van der Waals surface area contributed by atoms with Crippen molar-refractivity contribution in [1.29, 1.82) is 0 Å². The average molecular weight is 399 g/mol. The fourth-order valence-electron chi connectivity index (χ4n) is 4.96. The number of benzene rings is 1. The molecule has 1 saturated carbocycles. The first-order chi connectivity index (χ1) is 13.8. The molecule has 3 fully saturated rings. The van der Waals surface area contributed by atoms with Crippen LogP contribution in [0.1, 0.15) is 55.5 Å². The third-order valence-electron chi connectivity index (χ3n) is 6.97. The second-order valence-corrected chi connectivity index (χ2v) is 9.39. The molecule has 0 unspecified atom stereocenters. The van der Waals surface area contributed by atoms with Crippen molar-refractivity contribution in [2.24, 2.45) is 0 Å². The third-order valence-corrected chi connectivity index (χ3v) is 7.94. The number of aromatic nitrogens is 1. The number of thiazole rings is 1. The van der Waals surface area contributed by atoms with E-state index in [1.807, 2.05) is 6.20 Å². The van der Waals surface area contributed by atoms with Gasteiger partial charge in [0.15, 0.2) is 0 Å². The molecule has 5 heteroatoms. The van der Waals surface area contributed by atoms with E-state index in [9.17, 15) is 0 Å². The number of hydrogen-bond acceptors (Lipinski definition) is 5. The fraction of sp³-hybridized carbons (Fsp3) is 0.609. The van der Waals surface area contributed by atoms with Crippen LogP contribution in [-0.2, 0) is 10.2 Å². The Bertz CT molecular complexity index is 743. The lowest BCUT2D eigenvalue weighted by atomic mass is 9.74. The maximum absolute atomic E-state index is 6.34. The highest BCUT2D eigenvalue weighted by molar-refractivity contribution is 7.09. The molecule has 1 aromatic heterocycles. The summed E-state index contributed by atoms with van der Waals surface area (Å²) in [6.45, 7) is 4.00. The molecular formula is C23H30N2O2S. The molecule has 5 rings (SSSR count). The Labute approximate surface area is 171 Å². The minimum Gasteiger partial charge on any atom is -0.490 e. The van der Waals surface area contributed by atoms with Crippen LogP contribution in [0.5, 0.6) is 5.75 Å². The van der Waals surface area contributed by atoms with Crippen LogP contribution in [0.15, 0.2) is 35.8 Å². The molecule has 2 aromatic rings. The summed E-state index contributed by atoms with van der Waals surface area (Å²) in [5.41, 5.74) is 1.34. The molecule has 150 valence electrons. The Kier molecular flexibility index (Phi) is 5.40. The summed E-state index contributed by atoms with van der Waals surface area (Å²) in [5.74, 6) is 1.01. The summed E-state index contributed by atoms with van der Waals surface area (Å²) in [4.78, 5) is 7.34. The van der Waals surface area contributed by atoms with Gasteiger partial charge in [-0.1, -0.05) is 18.6 Å². The molecule has 0 N–H and O–H groups in total. The number of hydrogen-bond donors (Lipinski definition) is 0. The van der Waals surface area contributed by atoms with E-state index in [1.54, 1.807) is 11.3 Å². The number of rotatable bonds is 5. The van der Waals surface area contributed by atoms with Crippen LogP contribution in [0.3, 0.4) is 0 Å². The molecular weight excluding hydrogens is 368 g/mol. The maximum atomic E-state index is 6.34. The van der Waals surface area contributed by atoms with Gasteiger partial charge in [0.25, 0.3) is 0 Å². The molecule has 0 amide bonds. The van der Waals surface area contributed by atoms with E-state index in [1.165, 1.54) is 42.9 Å². The van der Waals surface area contributed by atoms with Gasteiger partial charge in [-0.25, -0.2) is 4.98 Å². The third kappa shape index (κ3) is 3.60. The Morgan fingerprint density at radius 3 is 2.39 bits per heavy atom. The smallest absolute Gasteiger partial charge is 0.119 e. The molecule has 0 atom stereocenters. The molecule has 1 aliphatic carbocycles. The average Bonchev–Trinajstić information content (AvgIpc) is 3.25. The van der Waals surface area contributed by atoms with Gasteiger partial charge < -0.3 is 14.4 Å². The molecule has 2 saturated heterocycles. The van der Waals surface area contributed by atoms with Crippen molar-refractivity contribution in [2.45, 2.75) is 62.5 Å². The van der Waals surface area contributed by atoms with Crippen molar-refractivity contribution >= 4 is 11.3 Å². The van der Waals surface area contributed by atoms with Gasteiger partial charge in [-0.2, -0.15) is 0 Å². The first kappa shape index (κ1) is 18.6. The highest BCUT2D eigenvalue weighted by atomic mass is 32.1. The normalized spacial score (nSPS) is 24.0. The summed E-state index contributed by atoms with van der Waals surface area (Å²) < 4.78 is 12.0. The Balaban J connectivity index is 1.25. The van der Waals surface area contributed by atoms with Crippen LogP contribution in [0.2, 0.25) is 0 Å². The van der Waals surface area contributed by atoms with Crippen molar-refractivity contribution < 1.29 is 9.47 Å². The molecule has 4 nitrogen and oxygen atoms in total. The van der Waals surface area contributed by atoms with Crippen LogP contribution in [0, 0.1) is 0 Å². The van der Waals surface area contributed by atoms with Gasteiger partial charge in [-0.3, -0.25) is 0 Å². The number of piperidine rings is 1. The quantitative estimate of drug-likeness (QED) is 0.735. The summed E-state index contributed by atoms with van der Waals surface area (Å²) in [6, 6.07) is 9.70. The first-order valence-electron chi connectivity index (χ1n) is 10.8. The van der Waals surface area contributed by atoms with Gasteiger partial charge in [0.2, 0.25) is 0 Å².